The lowest BCUT2D eigenvalue weighted by molar-refractivity contribution is -0.133. The average Bonchev–Trinajstić information content (AvgIpc) is 2.31. The molecule has 0 radical (unpaired) electrons. The maximum atomic E-state index is 12.3. The summed E-state index contributed by atoms with van der Waals surface area (Å²) in [5.41, 5.74) is 5.62. The highest BCUT2D eigenvalue weighted by molar-refractivity contribution is 7.80. The van der Waals surface area contributed by atoms with E-state index in [1.807, 2.05) is 18.7 Å². The van der Waals surface area contributed by atoms with Crippen molar-refractivity contribution in [3.8, 4) is 0 Å². The smallest absolute Gasteiger partial charge is 0.232 e. The van der Waals surface area contributed by atoms with Crippen LogP contribution in [0.4, 0.5) is 0 Å². The average molecular weight is 258 g/mol. The Kier molecular flexibility index (Phi) is 8.13. The molecule has 0 fully saturated rings. The molecule has 2 N–H and O–H groups in total. The minimum absolute atomic E-state index is 0.0920. The number of carbonyl (C=O) groups is 1. The second-order valence-corrected chi connectivity index (χ2v) is 4.89. The first kappa shape index (κ1) is 16.4. The van der Waals surface area contributed by atoms with Crippen LogP contribution in [0, 0.1) is 11.8 Å². The molecule has 0 spiro atoms. The summed E-state index contributed by atoms with van der Waals surface area (Å²) in [6.07, 6.45) is 2.89. The lowest BCUT2D eigenvalue weighted by atomic mass is 10.0. The molecule has 0 bridgehead atoms. The topological polar surface area (TPSA) is 46.3 Å². The Morgan fingerprint density at radius 3 is 2.00 bits per heavy atom. The van der Waals surface area contributed by atoms with E-state index in [2.05, 4.69) is 13.8 Å². The van der Waals surface area contributed by atoms with Crippen LogP contribution in [0.2, 0.25) is 0 Å². The maximum absolute atomic E-state index is 12.3. The monoisotopic (exact) mass is 258 g/mol. The van der Waals surface area contributed by atoms with Gasteiger partial charge in [0.25, 0.3) is 0 Å². The van der Waals surface area contributed by atoms with Gasteiger partial charge in [0.1, 0.15) is 0 Å². The Bertz CT molecular complexity index is 252. The lowest BCUT2D eigenvalue weighted by Gasteiger charge is -2.28. The van der Waals surface area contributed by atoms with Crippen LogP contribution >= 0.6 is 12.2 Å². The van der Waals surface area contributed by atoms with E-state index in [1.54, 1.807) is 0 Å². The van der Waals surface area contributed by atoms with E-state index in [4.69, 9.17) is 18.0 Å². The summed E-state index contributed by atoms with van der Waals surface area (Å²) in [4.78, 5) is 14.5. The largest absolute Gasteiger partial charge is 0.393 e. The second-order valence-electron chi connectivity index (χ2n) is 4.42. The molecule has 0 rings (SSSR count). The molecule has 1 amide bonds. The van der Waals surface area contributed by atoms with Gasteiger partial charge in [-0.25, -0.2) is 0 Å². The van der Waals surface area contributed by atoms with Gasteiger partial charge in [0, 0.05) is 13.1 Å². The number of nitrogens with two attached hydrogens (primary N) is 1. The predicted molar refractivity (Wildman–Crippen MR) is 76.9 cm³/mol. The number of hydrogen-bond acceptors (Lipinski definition) is 2. The first-order valence-electron chi connectivity index (χ1n) is 6.59. The number of hydrogen-bond donors (Lipinski definition) is 1. The van der Waals surface area contributed by atoms with Crippen molar-refractivity contribution in [2.75, 3.05) is 13.1 Å². The standard InChI is InChI=1S/C13H26N2OS/c1-5-10(6-2)9-15(8-4)13(16)11(7-3)12(14)17/h10-11H,5-9H2,1-4H3,(H2,14,17). The van der Waals surface area contributed by atoms with Crippen LogP contribution in [0.3, 0.4) is 0 Å². The molecule has 0 aliphatic heterocycles. The molecule has 0 heterocycles. The molecular formula is C13H26N2OS. The summed E-state index contributed by atoms with van der Waals surface area (Å²) in [6, 6.07) is 0. The fourth-order valence-electron chi connectivity index (χ4n) is 1.95. The zero-order chi connectivity index (χ0) is 13.4. The van der Waals surface area contributed by atoms with Crippen molar-refractivity contribution in [3.05, 3.63) is 0 Å². The number of amides is 1. The van der Waals surface area contributed by atoms with Crippen LogP contribution in [0.25, 0.3) is 0 Å². The van der Waals surface area contributed by atoms with Crippen LogP contribution in [0.5, 0.6) is 0 Å². The summed E-state index contributed by atoms with van der Waals surface area (Å²) in [6.45, 7) is 9.84. The third-order valence-electron chi connectivity index (χ3n) is 3.38. The van der Waals surface area contributed by atoms with Crippen molar-refractivity contribution in [2.45, 2.75) is 47.0 Å². The molecule has 1 unspecified atom stereocenters. The SMILES string of the molecule is CCC(CC)CN(CC)C(=O)C(CC)C(N)=S. The van der Waals surface area contributed by atoms with Gasteiger partial charge in [-0.15, -0.1) is 0 Å². The van der Waals surface area contributed by atoms with Crippen molar-refractivity contribution < 1.29 is 4.79 Å². The molecule has 0 saturated carbocycles. The van der Waals surface area contributed by atoms with Crippen molar-refractivity contribution in [2.24, 2.45) is 17.6 Å². The predicted octanol–water partition coefficient (Wildman–Crippen LogP) is 2.58. The number of rotatable bonds is 8. The number of thiocarbonyl (C=S) groups is 1. The van der Waals surface area contributed by atoms with E-state index < -0.39 is 0 Å². The minimum Gasteiger partial charge on any atom is -0.393 e. The van der Waals surface area contributed by atoms with Gasteiger partial charge in [0.15, 0.2) is 0 Å². The third kappa shape index (κ3) is 5.02. The second kappa shape index (κ2) is 8.45. The van der Waals surface area contributed by atoms with Crippen LogP contribution < -0.4 is 5.73 Å². The Hall–Kier alpha value is -0.640. The van der Waals surface area contributed by atoms with Crippen LogP contribution in [-0.4, -0.2) is 28.9 Å². The molecule has 0 aromatic carbocycles. The van der Waals surface area contributed by atoms with E-state index in [1.165, 1.54) is 0 Å². The fraction of sp³-hybridized carbons (Fsp3) is 0.846. The van der Waals surface area contributed by atoms with E-state index in [9.17, 15) is 4.79 Å². The molecule has 4 heteroatoms. The summed E-state index contributed by atoms with van der Waals surface area (Å²) in [5, 5.41) is 0. The van der Waals surface area contributed by atoms with Crippen LogP contribution in [0.15, 0.2) is 0 Å². The Labute approximate surface area is 111 Å². The molecule has 0 aromatic rings. The summed E-state index contributed by atoms with van der Waals surface area (Å²) >= 11 is 4.96. The van der Waals surface area contributed by atoms with Gasteiger partial charge >= 0.3 is 0 Å². The van der Waals surface area contributed by atoms with Crippen molar-refractivity contribution in [1.82, 2.24) is 4.90 Å². The van der Waals surface area contributed by atoms with Crippen molar-refractivity contribution in [1.29, 1.82) is 0 Å². The van der Waals surface area contributed by atoms with E-state index in [0.29, 0.717) is 17.3 Å². The van der Waals surface area contributed by atoms with Gasteiger partial charge in [0.2, 0.25) is 5.91 Å². The van der Waals surface area contributed by atoms with Gasteiger partial charge in [-0.05, 0) is 19.3 Å². The molecule has 0 aliphatic rings. The van der Waals surface area contributed by atoms with E-state index in [-0.39, 0.29) is 11.8 Å². The molecule has 0 aromatic heterocycles. The van der Waals surface area contributed by atoms with E-state index >= 15 is 0 Å². The van der Waals surface area contributed by atoms with Crippen LogP contribution in [-0.2, 0) is 4.79 Å². The van der Waals surface area contributed by atoms with Crippen molar-refractivity contribution in [3.63, 3.8) is 0 Å². The first-order chi connectivity index (χ1) is 8.01. The number of carbonyl (C=O) groups excluding carboxylic acids is 1. The van der Waals surface area contributed by atoms with Gasteiger partial charge in [-0.2, -0.15) is 0 Å². The van der Waals surface area contributed by atoms with Crippen molar-refractivity contribution >= 4 is 23.1 Å². The molecule has 17 heavy (non-hydrogen) atoms. The lowest BCUT2D eigenvalue weighted by Crippen LogP contribution is -2.43. The maximum Gasteiger partial charge on any atom is 0.232 e. The minimum atomic E-state index is -0.292. The third-order valence-corrected chi connectivity index (χ3v) is 3.66. The Morgan fingerprint density at radius 1 is 1.18 bits per heavy atom. The fourth-order valence-corrected chi connectivity index (χ4v) is 2.22. The highest BCUT2D eigenvalue weighted by Crippen LogP contribution is 2.14. The quantitative estimate of drug-likeness (QED) is 0.681. The molecule has 3 nitrogen and oxygen atoms in total. The van der Waals surface area contributed by atoms with E-state index in [0.717, 1.165) is 25.9 Å². The number of nitrogens with zero attached hydrogens (tertiary/aromatic N) is 1. The highest BCUT2D eigenvalue weighted by atomic mass is 32.1. The summed E-state index contributed by atoms with van der Waals surface area (Å²) in [7, 11) is 0. The van der Waals surface area contributed by atoms with Gasteiger partial charge in [-0.3, -0.25) is 4.79 Å². The molecule has 1 atom stereocenters. The Balaban J connectivity index is 4.63. The Morgan fingerprint density at radius 2 is 1.71 bits per heavy atom. The van der Waals surface area contributed by atoms with Gasteiger partial charge in [0.05, 0.1) is 10.9 Å². The normalized spacial score (nSPS) is 12.5. The van der Waals surface area contributed by atoms with Crippen LogP contribution in [0.1, 0.15) is 47.0 Å². The molecule has 0 aliphatic carbocycles. The van der Waals surface area contributed by atoms with Gasteiger partial charge in [-0.1, -0.05) is 45.8 Å². The summed E-state index contributed by atoms with van der Waals surface area (Å²) < 4.78 is 0. The molecule has 0 saturated heterocycles. The molecular weight excluding hydrogens is 232 g/mol. The zero-order valence-electron chi connectivity index (χ0n) is 11.5. The highest BCUT2D eigenvalue weighted by Gasteiger charge is 2.25. The molecule has 100 valence electrons. The summed E-state index contributed by atoms with van der Waals surface area (Å²) in [5.74, 6) is 0.372. The zero-order valence-corrected chi connectivity index (χ0v) is 12.3. The first-order valence-corrected chi connectivity index (χ1v) is 7.00. The van der Waals surface area contributed by atoms with Gasteiger partial charge < -0.3 is 10.6 Å².